The van der Waals surface area contributed by atoms with Crippen LogP contribution in [0.1, 0.15) is 25.7 Å². The van der Waals surface area contributed by atoms with Gasteiger partial charge in [0.1, 0.15) is 5.54 Å². The summed E-state index contributed by atoms with van der Waals surface area (Å²) in [7, 11) is 0. The third-order valence-corrected chi connectivity index (χ3v) is 3.74. The molecular weight excluding hydrogens is 252 g/mol. The normalized spacial score (nSPS) is 27.8. The van der Waals surface area contributed by atoms with Gasteiger partial charge in [0, 0.05) is 16.8 Å². The highest BCUT2D eigenvalue weighted by atomic mass is 35.5. The van der Waals surface area contributed by atoms with Crippen LogP contribution in [-0.2, 0) is 4.79 Å². The number of carbonyl (C=O) groups is 1. The van der Waals surface area contributed by atoms with Crippen LogP contribution in [-0.4, -0.2) is 22.7 Å². The molecule has 1 aromatic carbocycles. The summed E-state index contributed by atoms with van der Waals surface area (Å²) >= 11 is 5.90. The number of hydrogen-bond acceptors (Lipinski definition) is 3. The van der Waals surface area contributed by atoms with Crippen LogP contribution in [0.4, 0.5) is 5.69 Å². The highest BCUT2D eigenvalue weighted by Gasteiger charge is 2.41. The van der Waals surface area contributed by atoms with Crippen LogP contribution in [0.25, 0.3) is 0 Å². The molecule has 1 saturated carbocycles. The molecule has 5 heteroatoms. The average molecular weight is 269 g/mol. The molecule has 1 aromatic rings. The van der Waals surface area contributed by atoms with Gasteiger partial charge in [-0.1, -0.05) is 17.7 Å². The van der Waals surface area contributed by atoms with Gasteiger partial charge in [0.15, 0.2) is 0 Å². The number of carboxylic acid groups (broad SMARTS) is 1. The lowest BCUT2D eigenvalue weighted by atomic mass is 9.79. The van der Waals surface area contributed by atoms with Gasteiger partial charge in [0.25, 0.3) is 0 Å². The van der Waals surface area contributed by atoms with Crippen molar-refractivity contribution in [2.75, 3.05) is 5.32 Å². The molecule has 0 atom stereocenters. The topological polar surface area (TPSA) is 75.3 Å². The molecular formula is C13H17ClN2O2. The average Bonchev–Trinajstić information content (AvgIpc) is 2.32. The van der Waals surface area contributed by atoms with Gasteiger partial charge in [-0.3, -0.25) is 0 Å². The van der Waals surface area contributed by atoms with E-state index in [1.165, 1.54) is 0 Å². The maximum Gasteiger partial charge on any atom is 0.329 e. The molecule has 18 heavy (non-hydrogen) atoms. The maximum absolute atomic E-state index is 11.5. The predicted molar refractivity (Wildman–Crippen MR) is 71.9 cm³/mol. The lowest BCUT2D eigenvalue weighted by Crippen LogP contribution is -2.51. The van der Waals surface area contributed by atoms with Crippen LogP contribution < -0.4 is 11.1 Å². The molecule has 4 N–H and O–H groups in total. The second kappa shape index (κ2) is 5.16. The molecule has 1 fully saturated rings. The monoisotopic (exact) mass is 268 g/mol. The van der Waals surface area contributed by atoms with Crippen molar-refractivity contribution in [2.24, 2.45) is 5.73 Å². The Kier molecular flexibility index (Phi) is 3.78. The Morgan fingerprint density at radius 2 is 2.11 bits per heavy atom. The van der Waals surface area contributed by atoms with Gasteiger partial charge in [-0.2, -0.15) is 0 Å². The zero-order valence-electron chi connectivity index (χ0n) is 10.0. The van der Waals surface area contributed by atoms with Gasteiger partial charge < -0.3 is 16.2 Å². The third-order valence-electron chi connectivity index (χ3n) is 3.50. The number of benzene rings is 1. The van der Waals surface area contributed by atoms with Gasteiger partial charge in [-0.25, -0.2) is 4.79 Å². The lowest BCUT2D eigenvalue weighted by Gasteiger charge is -2.37. The molecule has 4 nitrogen and oxygen atoms in total. The van der Waals surface area contributed by atoms with E-state index in [-0.39, 0.29) is 6.04 Å². The van der Waals surface area contributed by atoms with E-state index in [4.69, 9.17) is 17.3 Å². The van der Waals surface area contributed by atoms with Crippen molar-refractivity contribution >= 4 is 23.3 Å². The molecule has 0 saturated heterocycles. The first-order chi connectivity index (χ1) is 8.52. The molecule has 0 amide bonds. The Labute approximate surface area is 111 Å². The summed E-state index contributed by atoms with van der Waals surface area (Å²) in [6.07, 6.45) is 2.52. The summed E-state index contributed by atoms with van der Waals surface area (Å²) in [6, 6.07) is 7.23. The van der Waals surface area contributed by atoms with Gasteiger partial charge in [-0.15, -0.1) is 0 Å². The zero-order valence-corrected chi connectivity index (χ0v) is 10.8. The molecule has 0 radical (unpaired) electrons. The Morgan fingerprint density at radius 3 is 2.67 bits per heavy atom. The van der Waals surface area contributed by atoms with Crippen molar-refractivity contribution in [3.63, 3.8) is 0 Å². The number of nitrogens with two attached hydrogens (primary N) is 1. The molecule has 0 aromatic heterocycles. The van der Waals surface area contributed by atoms with Crippen LogP contribution in [0.3, 0.4) is 0 Å². The molecule has 0 heterocycles. The Bertz CT molecular complexity index is 442. The smallest absolute Gasteiger partial charge is 0.329 e. The van der Waals surface area contributed by atoms with Crippen molar-refractivity contribution in [1.82, 2.24) is 0 Å². The van der Waals surface area contributed by atoms with Crippen molar-refractivity contribution in [3.05, 3.63) is 29.3 Å². The number of carboxylic acids is 1. The van der Waals surface area contributed by atoms with E-state index in [1.807, 2.05) is 6.07 Å². The number of nitrogens with one attached hydrogen (secondary N) is 1. The largest absolute Gasteiger partial charge is 0.480 e. The minimum Gasteiger partial charge on any atom is -0.480 e. The van der Waals surface area contributed by atoms with Gasteiger partial charge >= 0.3 is 5.97 Å². The number of rotatable bonds is 3. The van der Waals surface area contributed by atoms with Crippen LogP contribution >= 0.6 is 11.6 Å². The Morgan fingerprint density at radius 1 is 1.44 bits per heavy atom. The summed E-state index contributed by atoms with van der Waals surface area (Å²) in [4.78, 5) is 11.5. The lowest BCUT2D eigenvalue weighted by molar-refractivity contribution is -0.143. The first kappa shape index (κ1) is 13.2. The van der Waals surface area contributed by atoms with E-state index in [0.717, 1.165) is 18.5 Å². The van der Waals surface area contributed by atoms with Gasteiger partial charge in [0.05, 0.1) is 0 Å². The zero-order chi connectivity index (χ0) is 13.2. The highest BCUT2D eigenvalue weighted by Crippen LogP contribution is 2.32. The molecule has 1 aliphatic rings. The van der Waals surface area contributed by atoms with E-state index in [0.29, 0.717) is 17.9 Å². The first-order valence-electron chi connectivity index (χ1n) is 6.05. The Hall–Kier alpha value is -1.26. The van der Waals surface area contributed by atoms with E-state index >= 15 is 0 Å². The van der Waals surface area contributed by atoms with Crippen LogP contribution in [0, 0.1) is 0 Å². The quantitative estimate of drug-likeness (QED) is 0.787. The van der Waals surface area contributed by atoms with E-state index in [9.17, 15) is 9.90 Å². The van der Waals surface area contributed by atoms with Gasteiger partial charge in [0.2, 0.25) is 0 Å². The van der Waals surface area contributed by atoms with Crippen molar-refractivity contribution in [1.29, 1.82) is 0 Å². The molecule has 2 rings (SSSR count). The van der Waals surface area contributed by atoms with Crippen molar-refractivity contribution in [3.8, 4) is 0 Å². The summed E-state index contributed by atoms with van der Waals surface area (Å²) in [5, 5.41) is 13.2. The minimum absolute atomic E-state index is 0.110. The van der Waals surface area contributed by atoms with E-state index in [2.05, 4.69) is 5.32 Å². The Balaban J connectivity index is 2.19. The minimum atomic E-state index is -0.916. The standard InChI is InChI=1S/C13H17ClN2O2/c14-9-2-1-3-11(8-9)16-13(12(17)18)6-4-10(15)5-7-13/h1-3,8,10,16H,4-7,15H2,(H,17,18). The first-order valence-corrected chi connectivity index (χ1v) is 6.42. The second-order valence-electron chi connectivity index (χ2n) is 4.86. The van der Waals surface area contributed by atoms with Gasteiger partial charge in [-0.05, 0) is 43.9 Å². The summed E-state index contributed by atoms with van der Waals surface area (Å²) in [6.45, 7) is 0. The van der Waals surface area contributed by atoms with E-state index < -0.39 is 11.5 Å². The molecule has 0 bridgehead atoms. The highest BCUT2D eigenvalue weighted by molar-refractivity contribution is 6.30. The number of aliphatic carboxylic acids is 1. The van der Waals surface area contributed by atoms with Crippen LogP contribution in [0.5, 0.6) is 0 Å². The summed E-state index contributed by atoms with van der Waals surface area (Å²) in [5.41, 5.74) is 5.65. The van der Waals surface area contributed by atoms with Crippen LogP contribution in [0.15, 0.2) is 24.3 Å². The van der Waals surface area contributed by atoms with Crippen molar-refractivity contribution < 1.29 is 9.90 Å². The van der Waals surface area contributed by atoms with E-state index in [1.54, 1.807) is 18.2 Å². The SMILES string of the molecule is NC1CCC(Nc2cccc(Cl)c2)(C(=O)O)CC1. The molecule has 0 spiro atoms. The summed E-state index contributed by atoms with van der Waals surface area (Å²) < 4.78 is 0. The fraction of sp³-hybridized carbons (Fsp3) is 0.462. The number of hydrogen-bond donors (Lipinski definition) is 3. The molecule has 1 aliphatic carbocycles. The molecule has 0 unspecified atom stereocenters. The fourth-order valence-electron chi connectivity index (χ4n) is 2.37. The second-order valence-corrected chi connectivity index (χ2v) is 5.30. The molecule has 0 aliphatic heterocycles. The predicted octanol–water partition coefficient (Wildman–Crippen LogP) is 2.48. The van der Waals surface area contributed by atoms with Crippen molar-refractivity contribution in [2.45, 2.75) is 37.3 Å². The maximum atomic E-state index is 11.5. The number of anilines is 1. The van der Waals surface area contributed by atoms with Crippen LogP contribution in [0.2, 0.25) is 5.02 Å². The molecule has 98 valence electrons. The third kappa shape index (κ3) is 2.76. The summed E-state index contributed by atoms with van der Waals surface area (Å²) in [5.74, 6) is -0.825. The fourth-order valence-corrected chi connectivity index (χ4v) is 2.56. The number of halogens is 1.